The zero-order valence-electron chi connectivity index (χ0n) is 31.8. The number of imidazole rings is 2. The second-order valence-corrected chi connectivity index (χ2v) is 12.9. The summed E-state index contributed by atoms with van der Waals surface area (Å²) in [6.07, 6.45) is 4.98. The van der Waals surface area contributed by atoms with E-state index in [4.69, 9.17) is 25.9 Å². The molecule has 18 heteroatoms. The number of methoxy groups -OCH3 is 1. The number of aldehydes is 1. The van der Waals surface area contributed by atoms with Crippen molar-refractivity contribution in [2.24, 2.45) is 11.5 Å². The molecule has 0 saturated carbocycles. The van der Waals surface area contributed by atoms with Crippen LogP contribution in [-0.4, -0.2) is 82.9 Å². The Balaban J connectivity index is 1.40. The number of nitrogens with two attached hydrogens (primary N) is 2. The van der Waals surface area contributed by atoms with Crippen LogP contribution in [0.3, 0.4) is 0 Å². The Labute approximate surface area is 321 Å². The number of aromatic nitrogens is 8. The summed E-state index contributed by atoms with van der Waals surface area (Å²) < 4.78 is 18.5. The van der Waals surface area contributed by atoms with Gasteiger partial charge in [-0.15, -0.1) is 0 Å². The molecule has 56 heavy (non-hydrogen) atoms. The number of ether oxygens (including phenoxy) is 2. The van der Waals surface area contributed by atoms with E-state index in [2.05, 4.69) is 25.8 Å². The number of aryl methyl sites for hydroxylation is 4. The maximum Gasteiger partial charge on any atom is 0.276 e. The number of anilines is 2. The van der Waals surface area contributed by atoms with Gasteiger partial charge in [-0.3, -0.25) is 39.2 Å². The first-order valence-corrected chi connectivity index (χ1v) is 18.1. The molecule has 3 amide bonds. The molecular weight excluding hydrogens is 720 g/mol. The van der Waals surface area contributed by atoms with Gasteiger partial charge in [0.25, 0.3) is 11.8 Å². The number of amides is 3. The lowest BCUT2D eigenvalue weighted by atomic mass is 10.1. The summed E-state index contributed by atoms with van der Waals surface area (Å²) in [7, 11) is 1.46. The van der Waals surface area contributed by atoms with Crippen LogP contribution in [-0.2, 0) is 26.2 Å². The molecule has 0 atom stereocenters. The molecule has 0 radical (unpaired) electrons. The molecule has 4 aromatic heterocycles. The van der Waals surface area contributed by atoms with Crippen LogP contribution in [0, 0.1) is 13.8 Å². The van der Waals surface area contributed by atoms with Gasteiger partial charge in [-0.2, -0.15) is 10.2 Å². The van der Waals surface area contributed by atoms with Crippen LogP contribution in [0.15, 0.2) is 48.6 Å². The van der Waals surface area contributed by atoms with Crippen LogP contribution in [0.1, 0.15) is 73.3 Å². The van der Waals surface area contributed by atoms with Crippen LogP contribution in [0.4, 0.5) is 11.9 Å². The van der Waals surface area contributed by atoms with Gasteiger partial charge in [-0.1, -0.05) is 12.2 Å². The Hall–Kier alpha value is -6.82. The van der Waals surface area contributed by atoms with E-state index < -0.39 is 17.7 Å². The number of carbonyl (C=O) groups is 4. The highest BCUT2D eigenvalue weighted by atomic mass is 16.5. The summed E-state index contributed by atoms with van der Waals surface area (Å²) in [6.45, 7) is 9.44. The SMILES string of the molecule is CCn1nc(C)cc1C(=O)Nc1nc2cc(C(N)=O)cc(OC)c2n1C/C=C/Cn1c(NC(=O)c2cc(C)nn2CC)nc2cc(C=O)cc(OCCCN)c21. The quantitative estimate of drug-likeness (QED) is 0.0592. The van der Waals surface area contributed by atoms with E-state index in [1.165, 1.54) is 19.2 Å². The molecule has 6 N–H and O–H groups in total. The number of carbonyl (C=O) groups excluding carboxylic acids is 4. The number of fused-ring (bicyclic) bond motifs is 2. The smallest absolute Gasteiger partial charge is 0.276 e. The average molecular weight is 765 g/mol. The molecule has 4 heterocycles. The van der Waals surface area contributed by atoms with E-state index in [1.54, 1.807) is 49.7 Å². The number of benzene rings is 2. The highest BCUT2D eigenvalue weighted by Crippen LogP contribution is 2.33. The largest absolute Gasteiger partial charge is 0.494 e. The van der Waals surface area contributed by atoms with Crippen molar-refractivity contribution in [1.82, 2.24) is 38.7 Å². The fourth-order valence-electron chi connectivity index (χ4n) is 6.40. The molecule has 0 bridgehead atoms. The first-order valence-electron chi connectivity index (χ1n) is 18.1. The third-order valence-corrected chi connectivity index (χ3v) is 8.94. The Morgan fingerprint density at radius 1 is 0.786 bits per heavy atom. The number of nitrogens with zero attached hydrogens (tertiary/aromatic N) is 8. The predicted molar refractivity (Wildman–Crippen MR) is 209 cm³/mol. The number of nitrogens with one attached hydrogen (secondary N) is 2. The number of hydrogen-bond acceptors (Lipinski definition) is 11. The van der Waals surface area contributed by atoms with E-state index in [-0.39, 0.29) is 30.5 Å². The van der Waals surface area contributed by atoms with E-state index in [1.807, 2.05) is 32.9 Å². The molecule has 0 aliphatic rings. The number of hydrogen-bond donors (Lipinski definition) is 4. The van der Waals surface area contributed by atoms with E-state index in [0.29, 0.717) is 101 Å². The fraction of sp³-hybridized carbons (Fsp3) is 0.316. The van der Waals surface area contributed by atoms with Crippen LogP contribution in [0.25, 0.3) is 22.1 Å². The van der Waals surface area contributed by atoms with Crippen molar-refractivity contribution in [1.29, 1.82) is 0 Å². The average Bonchev–Trinajstić information content (AvgIpc) is 3.95. The molecule has 6 rings (SSSR count). The lowest BCUT2D eigenvalue weighted by Gasteiger charge is -2.13. The first kappa shape index (κ1) is 38.9. The van der Waals surface area contributed by atoms with Gasteiger partial charge in [0, 0.05) is 37.3 Å². The van der Waals surface area contributed by atoms with Crippen molar-refractivity contribution in [3.63, 3.8) is 0 Å². The third kappa shape index (κ3) is 7.85. The van der Waals surface area contributed by atoms with E-state index in [0.717, 1.165) is 0 Å². The third-order valence-electron chi connectivity index (χ3n) is 8.94. The number of primary amides is 1. The molecule has 18 nitrogen and oxygen atoms in total. The molecule has 0 spiro atoms. The number of allylic oxidation sites excluding steroid dienone is 2. The van der Waals surface area contributed by atoms with Crippen molar-refractivity contribution in [2.45, 2.75) is 60.3 Å². The standard InChI is InChI=1S/C38H44N12O6/c1-6-49-28(15-22(3)45-49)35(53)43-37-41-26-17-24(21-51)18-31(56-14-10-11-39)33(26)48(37)13-9-8-12-47-32-27(19-25(34(40)52)20-30(32)55-5)42-38(47)44-36(54)29-16-23(4)46-50(29)7-2/h8-9,15-21H,6-7,10-14,39H2,1-5H3,(H2,40,52)(H,41,43,53)(H,42,44,54)/b9-8+. The lowest BCUT2D eigenvalue weighted by molar-refractivity contribution is 0.0994. The minimum Gasteiger partial charge on any atom is -0.494 e. The molecular formula is C38H44N12O6. The zero-order chi connectivity index (χ0) is 40.1. The van der Waals surface area contributed by atoms with Crippen LogP contribution >= 0.6 is 0 Å². The van der Waals surface area contributed by atoms with Crippen molar-refractivity contribution in [3.05, 3.63) is 82.5 Å². The maximum atomic E-state index is 13.6. The summed E-state index contributed by atoms with van der Waals surface area (Å²) in [6, 6.07) is 9.69. The van der Waals surface area contributed by atoms with Crippen molar-refractivity contribution in [2.75, 3.05) is 30.9 Å². The second-order valence-electron chi connectivity index (χ2n) is 12.9. The summed E-state index contributed by atoms with van der Waals surface area (Å²) in [5, 5.41) is 14.6. The molecule has 6 aromatic rings. The lowest BCUT2D eigenvalue weighted by Crippen LogP contribution is -2.20. The van der Waals surface area contributed by atoms with Crippen LogP contribution < -0.4 is 31.6 Å². The Kier molecular flexibility index (Phi) is 11.6. The van der Waals surface area contributed by atoms with Gasteiger partial charge < -0.3 is 30.1 Å². The van der Waals surface area contributed by atoms with Gasteiger partial charge in [0.05, 0.1) is 36.1 Å². The van der Waals surface area contributed by atoms with Crippen LogP contribution in [0.2, 0.25) is 0 Å². The molecule has 0 aliphatic carbocycles. The minimum absolute atomic E-state index is 0.183. The molecule has 2 aromatic carbocycles. The highest BCUT2D eigenvalue weighted by molar-refractivity contribution is 6.05. The molecule has 292 valence electrons. The maximum absolute atomic E-state index is 13.6. The summed E-state index contributed by atoms with van der Waals surface area (Å²) in [4.78, 5) is 60.7. The van der Waals surface area contributed by atoms with Crippen molar-refractivity contribution < 1.29 is 28.7 Å². The molecule has 0 fully saturated rings. The van der Waals surface area contributed by atoms with E-state index >= 15 is 0 Å². The Morgan fingerprint density at radius 3 is 1.80 bits per heavy atom. The van der Waals surface area contributed by atoms with Gasteiger partial charge in [0.15, 0.2) is 0 Å². The molecule has 0 aliphatic heterocycles. The van der Waals surface area contributed by atoms with Gasteiger partial charge in [-0.05, 0) is 77.1 Å². The first-order chi connectivity index (χ1) is 27.0. The fourth-order valence-corrected chi connectivity index (χ4v) is 6.40. The van der Waals surface area contributed by atoms with Gasteiger partial charge >= 0.3 is 0 Å². The van der Waals surface area contributed by atoms with E-state index in [9.17, 15) is 19.2 Å². The summed E-state index contributed by atoms with van der Waals surface area (Å²) in [5.41, 5.74) is 15.8. The second kappa shape index (κ2) is 16.7. The van der Waals surface area contributed by atoms with Gasteiger partial charge in [0.2, 0.25) is 17.8 Å². The highest BCUT2D eigenvalue weighted by Gasteiger charge is 2.23. The normalized spacial score (nSPS) is 11.5. The zero-order valence-corrected chi connectivity index (χ0v) is 31.8. The Morgan fingerprint density at radius 2 is 1.32 bits per heavy atom. The van der Waals surface area contributed by atoms with Crippen molar-refractivity contribution >= 4 is 58.0 Å². The minimum atomic E-state index is -0.663. The Bertz CT molecular complexity index is 2490. The predicted octanol–water partition coefficient (Wildman–Crippen LogP) is 3.84. The van der Waals surface area contributed by atoms with Crippen LogP contribution in [0.5, 0.6) is 11.5 Å². The van der Waals surface area contributed by atoms with Gasteiger partial charge in [0.1, 0.15) is 40.2 Å². The van der Waals surface area contributed by atoms with Gasteiger partial charge in [-0.25, -0.2) is 9.97 Å². The molecule has 0 saturated heterocycles. The van der Waals surface area contributed by atoms with Crippen molar-refractivity contribution in [3.8, 4) is 11.5 Å². The molecule has 0 unspecified atom stereocenters. The summed E-state index contributed by atoms with van der Waals surface area (Å²) >= 11 is 0. The number of rotatable bonds is 17. The summed E-state index contributed by atoms with van der Waals surface area (Å²) in [5.74, 6) is -0.376. The topological polar surface area (TPSA) is 234 Å². The monoisotopic (exact) mass is 764 g/mol.